The van der Waals surface area contributed by atoms with Gasteiger partial charge in [0.2, 0.25) is 0 Å². The number of allylic oxidation sites excluding steroid dienone is 12. The van der Waals surface area contributed by atoms with Gasteiger partial charge in [-0.25, -0.2) is 0 Å². The average molecular weight is 271 g/mol. The quantitative estimate of drug-likeness (QED) is 0.550. The van der Waals surface area contributed by atoms with E-state index in [1.165, 1.54) is 25.7 Å². The molecule has 0 aliphatic heterocycles. The molecule has 0 unspecified atom stereocenters. The minimum Gasteiger partial charge on any atom is -0.0842 e. The summed E-state index contributed by atoms with van der Waals surface area (Å²) in [6.45, 7) is 0. The molecule has 0 saturated carbocycles. The third-order valence-electron chi connectivity index (χ3n) is 2.21. The summed E-state index contributed by atoms with van der Waals surface area (Å²) in [5, 5.41) is 0. The molecule has 0 amide bonds. The van der Waals surface area contributed by atoms with Crippen LogP contribution in [0.5, 0.6) is 0 Å². The molecule has 1 heteroatoms. The summed E-state index contributed by atoms with van der Waals surface area (Å²) in [4.78, 5) is 0. The zero-order valence-corrected chi connectivity index (χ0v) is 11.1. The van der Waals surface area contributed by atoms with Gasteiger partial charge in [0.15, 0.2) is 0 Å². The summed E-state index contributed by atoms with van der Waals surface area (Å²) in [5.41, 5.74) is 0. The Bertz CT molecular complexity index is 261. The Morgan fingerprint density at radius 2 is 0.588 bits per heavy atom. The van der Waals surface area contributed by atoms with Crippen molar-refractivity contribution in [3.8, 4) is 0 Å². The van der Waals surface area contributed by atoms with Gasteiger partial charge >= 0.3 is 0 Å². The van der Waals surface area contributed by atoms with Gasteiger partial charge in [0, 0.05) is 16.5 Å². The van der Waals surface area contributed by atoms with Crippen molar-refractivity contribution in [1.29, 1.82) is 0 Å². The topological polar surface area (TPSA) is 0 Å². The minimum atomic E-state index is 0. The van der Waals surface area contributed by atoms with Gasteiger partial charge in [-0.3, -0.25) is 0 Å². The molecule has 0 heterocycles. The van der Waals surface area contributed by atoms with Crippen molar-refractivity contribution in [2.45, 2.75) is 25.7 Å². The fourth-order valence-electron chi connectivity index (χ4n) is 1.34. The predicted molar refractivity (Wildman–Crippen MR) is 73.3 cm³/mol. The first kappa shape index (κ1) is 15.9. The van der Waals surface area contributed by atoms with Gasteiger partial charge in [0.05, 0.1) is 0 Å². The number of hydrogen-bond acceptors (Lipinski definition) is 0. The van der Waals surface area contributed by atoms with Crippen LogP contribution in [-0.4, -0.2) is 0 Å². The summed E-state index contributed by atoms with van der Waals surface area (Å²) in [5.74, 6) is 0. The molecule has 0 fully saturated rings. The third kappa shape index (κ3) is 11.2. The SMILES string of the molecule is C1=C\C=C/CC\C=C/1.C1=C\C=C/CC\C=C/1.[Ni]. The van der Waals surface area contributed by atoms with Crippen LogP contribution in [-0.2, 0) is 16.5 Å². The maximum Gasteiger partial charge on any atom is 0 e. The first-order valence-electron chi connectivity index (χ1n) is 5.97. The summed E-state index contributed by atoms with van der Waals surface area (Å²) < 4.78 is 0. The van der Waals surface area contributed by atoms with Gasteiger partial charge in [-0.05, 0) is 25.7 Å². The molecule has 2 aliphatic carbocycles. The Kier molecular flexibility index (Phi) is 12.2. The van der Waals surface area contributed by atoms with Gasteiger partial charge in [-0.1, -0.05) is 72.9 Å². The Hall–Kier alpha value is -1.07. The van der Waals surface area contributed by atoms with Crippen LogP contribution in [0.2, 0.25) is 0 Å². The second-order valence-corrected chi connectivity index (χ2v) is 3.64. The molecular weight excluding hydrogens is 251 g/mol. The Morgan fingerprint density at radius 1 is 0.353 bits per heavy atom. The molecule has 0 aromatic carbocycles. The Morgan fingerprint density at radius 3 is 0.824 bits per heavy atom. The molecule has 0 radical (unpaired) electrons. The summed E-state index contributed by atoms with van der Waals surface area (Å²) >= 11 is 0. The van der Waals surface area contributed by atoms with Crippen molar-refractivity contribution in [2.75, 3.05) is 0 Å². The molecule has 0 spiro atoms. The second-order valence-electron chi connectivity index (χ2n) is 3.64. The predicted octanol–water partition coefficient (Wildman–Crippen LogP) is 4.90. The van der Waals surface area contributed by atoms with Crippen LogP contribution in [0.1, 0.15) is 25.7 Å². The van der Waals surface area contributed by atoms with Crippen molar-refractivity contribution < 1.29 is 16.5 Å². The molecule has 0 aromatic rings. The molecular formula is C16H20Ni. The van der Waals surface area contributed by atoms with Crippen molar-refractivity contribution in [2.24, 2.45) is 0 Å². The van der Waals surface area contributed by atoms with Crippen LogP contribution < -0.4 is 0 Å². The van der Waals surface area contributed by atoms with E-state index in [1.54, 1.807) is 0 Å². The molecule has 0 aromatic heterocycles. The Balaban J connectivity index is 0.000000284. The largest absolute Gasteiger partial charge is 0.0842 e. The van der Waals surface area contributed by atoms with E-state index in [4.69, 9.17) is 0 Å². The van der Waals surface area contributed by atoms with Crippen molar-refractivity contribution in [3.63, 3.8) is 0 Å². The van der Waals surface area contributed by atoms with E-state index < -0.39 is 0 Å². The molecule has 2 aliphatic rings. The van der Waals surface area contributed by atoms with Crippen LogP contribution in [0, 0.1) is 0 Å². The zero-order valence-electron chi connectivity index (χ0n) is 10.1. The van der Waals surface area contributed by atoms with Crippen LogP contribution >= 0.6 is 0 Å². The van der Waals surface area contributed by atoms with E-state index in [0.717, 1.165) is 0 Å². The average Bonchev–Trinajstić information content (AvgIpc) is 2.15. The minimum absolute atomic E-state index is 0. The zero-order chi connectivity index (χ0) is 11.3. The van der Waals surface area contributed by atoms with E-state index in [1.807, 2.05) is 0 Å². The molecule has 0 nitrogen and oxygen atoms in total. The van der Waals surface area contributed by atoms with Crippen LogP contribution in [0.15, 0.2) is 72.9 Å². The molecule has 0 saturated heterocycles. The standard InChI is InChI=1S/2C8H10.Ni/c2*1-2-4-6-8-7-5-3-1;/h2*1-6H,7-8H2;/b2*2-1-,5-3-,6-4-;. The smallest absolute Gasteiger partial charge is 0 e. The van der Waals surface area contributed by atoms with Crippen LogP contribution in [0.25, 0.3) is 0 Å². The molecule has 17 heavy (non-hydrogen) atoms. The first-order valence-corrected chi connectivity index (χ1v) is 5.97. The van der Waals surface area contributed by atoms with Gasteiger partial charge in [-0.15, -0.1) is 0 Å². The van der Waals surface area contributed by atoms with E-state index in [0.29, 0.717) is 0 Å². The summed E-state index contributed by atoms with van der Waals surface area (Å²) in [6, 6.07) is 0. The van der Waals surface area contributed by atoms with E-state index >= 15 is 0 Å². The van der Waals surface area contributed by atoms with E-state index in [-0.39, 0.29) is 16.5 Å². The van der Waals surface area contributed by atoms with E-state index in [9.17, 15) is 0 Å². The number of rotatable bonds is 0. The summed E-state index contributed by atoms with van der Waals surface area (Å²) in [7, 11) is 0. The van der Waals surface area contributed by atoms with Gasteiger partial charge in [0.1, 0.15) is 0 Å². The molecule has 0 atom stereocenters. The van der Waals surface area contributed by atoms with Crippen molar-refractivity contribution in [1.82, 2.24) is 0 Å². The second kappa shape index (κ2) is 13.0. The third-order valence-corrected chi connectivity index (χ3v) is 2.21. The van der Waals surface area contributed by atoms with Gasteiger partial charge in [-0.2, -0.15) is 0 Å². The van der Waals surface area contributed by atoms with E-state index in [2.05, 4.69) is 72.9 Å². The van der Waals surface area contributed by atoms with Crippen molar-refractivity contribution >= 4 is 0 Å². The maximum atomic E-state index is 2.18. The molecule has 2 rings (SSSR count). The monoisotopic (exact) mass is 270 g/mol. The van der Waals surface area contributed by atoms with Crippen molar-refractivity contribution in [3.05, 3.63) is 72.9 Å². The Labute approximate surface area is 115 Å². The normalized spacial score (nSPS) is 28.2. The fourth-order valence-corrected chi connectivity index (χ4v) is 1.34. The van der Waals surface area contributed by atoms with Gasteiger partial charge in [0.25, 0.3) is 0 Å². The fraction of sp³-hybridized carbons (Fsp3) is 0.250. The molecule has 0 N–H and O–H groups in total. The van der Waals surface area contributed by atoms with Crippen LogP contribution in [0.4, 0.5) is 0 Å². The summed E-state index contributed by atoms with van der Waals surface area (Å²) in [6.07, 6.45) is 30.0. The maximum absolute atomic E-state index is 2.18. The number of hydrogen-bond donors (Lipinski definition) is 0. The van der Waals surface area contributed by atoms with Gasteiger partial charge < -0.3 is 0 Å². The molecule has 94 valence electrons. The van der Waals surface area contributed by atoms with Crippen LogP contribution in [0.3, 0.4) is 0 Å². The molecule has 0 bridgehead atoms. The first-order chi connectivity index (χ1) is 8.00.